The van der Waals surface area contributed by atoms with Gasteiger partial charge >= 0.3 is 0 Å². The summed E-state index contributed by atoms with van der Waals surface area (Å²) >= 11 is 0. The first-order valence-electron chi connectivity index (χ1n) is 6.12. The first-order chi connectivity index (χ1) is 9.31. The van der Waals surface area contributed by atoms with Crippen LogP contribution in [-0.2, 0) is 11.3 Å². The van der Waals surface area contributed by atoms with Crippen molar-refractivity contribution in [2.24, 2.45) is 0 Å². The van der Waals surface area contributed by atoms with Gasteiger partial charge in [-0.15, -0.1) is 0 Å². The number of aromatic nitrogens is 4. The first kappa shape index (κ1) is 11.9. The van der Waals surface area contributed by atoms with Gasteiger partial charge in [0, 0.05) is 38.7 Å². The van der Waals surface area contributed by atoms with Gasteiger partial charge in [0.1, 0.15) is 0 Å². The number of ether oxygens (including phenoxy) is 1. The fourth-order valence-corrected chi connectivity index (χ4v) is 2.15. The predicted octanol–water partition coefficient (Wildman–Crippen LogP) is 1.08. The number of pyridine rings is 1. The molecule has 0 spiro atoms. The van der Waals surface area contributed by atoms with E-state index in [-0.39, 0.29) is 5.56 Å². The van der Waals surface area contributed by atoms with Crippen molar-refractivity contribution >= 4 is 16.6 Å². The van der Waals surface area contributed by atoms with Gasteiger partial charge in [-0.05, 0) is 12.5 Å². The molecule has 98 valence electrons. The molecule has 3 rings (SSSR count). The Bertz CT molecular complexity index is 775. The standard InChI is InChI=1S/C13H14N4O2/c1-19-8-2-6-16-7-4-11-10(13(16)18)9-14-12-3-5-15-17(11)12/h3-5,7,9H,2,6,8H2,1H3. The Morgan fingerprint density at radius 3 is 3.11 bits per heavy atom. The van der Waals surface area contributed by atoms with Crippen LogP contribution in [0.25, 0.3) is 16.6 Å². The number of methoxy groups -OCH3 is 1. The lowest BCUT2D eigenvalue weighted by Gasteiger charge is -2.07. The van der Waals surface area contributed by atoms with Crippen LogP contribution in [0.5, 0.6) is 0 Å². The summed E-state index contributed by atoms with van der Waals surface area (Å²) in [6, 6.07) is 3.70. The summed E-state index contributed by atoms with van der Waals surface area (Å²) in [4.78, 5) is 16.6. The zero-order valence-electron chi connectivity index (χ0n) is 10.6. The van der Waals surface area contributed by atoms with Crippen LogP contribution in [0, 0.1) is 0 Å². The zero-order valence-corrected chi connectivity index (χ0v) is 10.6. The minimum atomic E-state index is -0.0431. The molecule has 0 saturated carbocycles. The molecule has 0 radical (unpaired) electrons. The van der Waals surface area contributed by atoms with Gasteiger partial charge < -0.3 is 9.30 Å². The average molecular weight is 258 g/mol. The second-order valence-electron chi connectivity index (χ2n) is 4.32. The molecule has 0 fully saturated rings. The Balaban J connectivity index is 2.11. The minimum absolute atomic E-state index is 0.0431. The third-order valence-corrected chi connectivity index (χ3v) is 3.10. The summed E-state index contributed by atoms with van der Waals surface area (Å²) in [5.41, 5.74) is 1.48. The monoisotopic (exact) mass is 258 g/mol. The summed E-state index contributed by atoms with van der Waals surface area (Å²) in [5.74, 6) is 0. The number of hydrogen-bond donors (Lipinski definition) is 0. The van der Waals surface area contributed by atoms with E-state index in [1.807, 2.05) is 12.1 Å². The Morgan fingerprint density at radius 1 is 1.37 bits per heavy atom. The van der Waals surface area contributed by atoms with Crippen molar-refractivity contribution in [3.8, 4) is 0 Å². The third-order valence-electron chi connectivity index (χ3n) is 3.10. The molecule has 0 saturated heterocycles. The number of hydrogen-bond acceptors (Lipinski definition) is 4. The summed E-state index contributed by atoms with van der Waals surface area (Å²) in [6.45, 7) is 1.28. The predicted molar refractivity (Wildman–Crippen MR) is 71.2 cm³/mol. The van der Waals surface area contributed by atoms with Crippen molar-refractivity contribution in [2.45, 2.75) is 13.0 Å². The largest absolute Gasteiger partial charge is 0.385 e. The molecule has 19 heavy (non-hydrogen) atoms. The quantitative estimate of drug-likeness (QED) is 0.657. The smallest absolute Gasteiger partial charge is 0.261 e. The molecule has 0 unspecified atom stereocenters. The number of rotatable bonds is 4. The van der Waals surface area contributed by atoms with E-state index in [0.717, 1.165) is 17.6 Å². The molecule has 0 aromatic carbocycles. The highest BCUT2D eigenvalue weighted by Crippen LogP contribution is 2.10. The maximum Gasteiger partial charge on any atom is 0.261 e. The van der Waals surface area contributed by atoms with E-state index in [2.05, 4.69) is 10.1 Å². The molecule has 0 aliphatic carbocycles. The molecule has 0 amide bonds. The van der Waals surface area contributed by atoms with Gasteiger partial charge in [0.15, 0.2) is 5.65 Å². The van der Waals surface area contributed by atoms with Crippen LogP contribution < -0.4 is 5.56 Å². The van der Waals surface area contributed by atoms with Crippen molar-refractivity contribution in [2.75, 3.05) is 13.7 Å². The number of nitrogens with zero attached hydrogens (tertiary/aromatic N) is 4. The van der Waals surface area contributed by atoms with E-state index in [9.17, 15) is 4.79 Å². The van der Waals surface area contributed by atoms with Crippen molar-refractivity contribution in [1.82, 2.24) is 19.2 Å². The van der Waals surface area contributed by atoms with E-state index in [1.54, 1.807) is 34.8 Å². The molecule has 0 bridgehead atoms. The molecule has 6 nitrogen and oxygen atoms in total. The number of aryl methyl sites for hydroxylation is 1. The molecular weight excluding hydrogens is 244 g/mol. The molecular formula is C13H14N4O2. The van der Waals surface area contributed by atoms with E-state index in [4.69, 9.17) is 4.74 Å². The molecule has 3 aromatic rings. The fourth-order valence-electron chi connectivity index (χ4n) is 2.15. The molecule has 3 aromatic heterocycles. The van der Waals surface area contributed by atoms with Crippen molar-refractivity contribution < 1.29 is 4.74 Å². The SMILES string of the molecule is COCCCn1ccc2c(cnc3ccnn32)c1=O. The topological polar surface area (TPSA) is 61.4 Å². The van der Waals surface area contributed by atoms with E-state index in [1.165, 1.54) is 0 Å². The maximum absolute atomic E-state index is 12.3. The first-order valence-corrected chi connectivity index (χ1v) is 6.12. The molecule has 0 aliphatic rings. The fraction of sp³-hybridized carbons (Fsp3) is 0.308. The Hall–Kier alpha value is -2.21. The van der Waals surface area contributed by atoms with Crippen LogP contribution >= 0.6 is 0 Å². The van der Waals surface area contributed by atoms with Crippen LogP contribution in [-0.4, -0.2) is 32.9 Å². The Kier molecular flexibility index (Phi) is 3.00. The summed E-state index contributed by atoms with van der Waals surface area (Å²) in [6.07, 6.45) is 5.88. The van der Waals surface area contributed by atoms with Crippen LogP contribution in [0.15, 0.2) is 35.5 Å². The lowest BCUT2D eigenvalue weighted by atomic mass is 10.3. The highest BCUT2D eigenvalue weighted by atomic mass is 16.5. The molecule has 0 aliphatic heterocycles. The van der Waals surface area contributed by atoms with Crippen molar-refractivity contribution in [1.29, 1.82) is 0 Å². The average Bonchev–Trinajstić information content (AvgIpc) is 2.90. The Labute approximate surface area is 109 Å². The van der Waals surface area contributed by atoms with Gasteiger partial charge in [-0.25, -0.2) is 9.50 Å². The summed E-state index contributed by atoms with van der Waals surface area (Å²) in [5, 5.41) is 4.76. The second-order valence-corrected chi connectivity index (χ2v) is 4.32. The van der Waals surface area contributed by atoms with Gasteiger partial charge in [-0.2, -0.15) is 5.10 Å². The van der Waals surface area contributed by atoms with Crippen LogP contribution in [0.4, 0.5) is 0 Å². The van der Waals surface area contributed by atoms with Gasteiger partial charge in [-0.3, -0.25) is 4.79 Å². The molecule has 6 heteroatoms. The lowest BCUT2D eigenvalue weighted by Crippen LogP contribution is -2.21. The van der Waals surface area contributed by atoms with Crippen molar-refractivity contribution in [3.05, 3.63) is 41.1 Å². The highest BCUT2D eigenvalue weighted by Gasteiger charge is 2.07. The minimum Gasteiger partial charge on any atom is -0.385 e. The van der Waals surface area contributed by atoms with Crippen LogP contribution in [0.1, 0.15) is 6.42 Å². The molecule has 0 N–H and O–H groups in total. The number of fused-ring (bicyclic) bond motifs is 3. The summed E-state index contributed by atoms with van der Waals surface area (Å²) < 4.78 is 8.35. The van der Waals surface area contributed by atoms with E-state index >= 15 is 0 Å². The van der Waals surface area contributed by atoms with Crippen molar-refractivity contribution in [3.63, 3.8) is 0 Å². The Morgan fingerprint density at radius 2 is 2.26 bits per heavy atom. The lowest BCUT2D eigenvalue weighted by molar-refractivity contribution is 0.190. The zero-order chi connectivity index (χ0) is 13.2. The third kappa shape index (κ3) is 2.00. The van der Waals surface area contributed by atoms with Gasteiger partial charge in [0.25, 0.3) is 5.56 Å². The molecule has 0 atom stereocenters. The molecule has 3 heterocycles. The van der Waals surface area contributed by atoms with Gasteiger partial charge in [0.05, 0.1) is 17.1 Å². The van der Waals surface area contributed by atoms with E-state index < -0.39 is 0 Å². The normalized spacial score (nSPS) is 11.4. The highest BCUT2D eigenvalue weighted by molar-refractivity contribution is 5.78. The maximum atomic E-state index is 12.3. The van der Waals surface area contributed by atoms with Crippen LogP contribution in [0.3, 0.4) is 0 Å². The second kappa shape index (κ2) is 4.81. The van der Waals surface area contributed by atoms with Gasteiger partial charge in [-0.1, -0.05) is 0 Å². The van der Waals surface area contributed by atoms with Crippen LogP contribution in [0.2, 0.25) is 0 Å². The van der Waals surface area contributed by atoms with Gasteiger partial charge in [0.2, 0.25) is 0 Å². The van der Waals surface area contributed by atoms with E-state index in [0.29, 0.717) is 18.5 Å². The summed E-state index contributed by atoms with van der Waals surface area (Å²) in [7, 11) is 1.65.